The first-order valence-electron chi connectivity index (χ1n) is 6.73. The van der Waals surface area contributed by atoms with E-state index >= 15 is 0 Å². The highest BCUT2D eigenvalue weighted by Gasteiger charge is 2.17. The van der Waals surface area contributed by atoms with Gasteiger partial charge in [0, 0.05) is 26.0 Å². The van der Waals surface area contributed by atoms with Crippen LogP contribution in [0.5, 0.6) is 0 Å². The van der Waals surface area contributed by atoms with Gasteiger partial charge in [-0.25, -0.2) is 4.39 Å². The van der Waals surface area contributed by atoms with Gasteiger partial charge in [-0.1, -0.05) is 17.3 Å². The summed E-state index contributed by atoms with van der Waals surface area (Å²) in [6.07, 6.45) is 0.0137. The van der Waals surface area contributed by atoms with Crippen molar-refractivity contribution < 1.29 is 18.5 Å². The van der Waals surface area contributed by atoms with Gasteiger partial charge in [0.05, 0.1) is 5.69 Å². The molecule has 0 saturated carbocycles. The number of hydrogen-bond acceptors (Lipinski definition) is 4. The number of nitrogens with one attached hydrogen (secondary N) is 1. The SMILES string of the molecule is CC(=O)N(CCC(=O)Nc1ccccc1F)c1cc(C)on1. The van der Waals surface area contributed by atoms with Crippen molar-refractivity contribution in [2.75, 3.05) is 16.8 Å². The summed E-state index contributed by atoms with van der Waals surface area (Å²) in [6.45, 7) is 3.21. The fourth-order valence-corrected chi connectivity index (χ4v) is 1.90. The lowest BCUT2D eigenvalue weighted by Gasteiger charge is -2.17. The van der Waals surface area contributed by atoms with Crippen LogP contribution in [0, 0.1) is 12.7 Å². The largest absolute Gasteiger partial charge is 0.360 e. The van der Waals surface area contributed by atoms with Crippen LogP contribution in [0.2, 0.25) is 0 Å². The minimum Gasteiger partial charge on any atom is -0.360 e. The van der Waals surface area contributed by atoms with Crippen molar-refractivity contribution in [3.8, 4) is 0 Å². The summed E-state index contributed by atoms with van der Waals surface area (Å²) in [5, 5.41) is 6.22. The Balaban J connectivity index is 1.96. The van der Waals surface area contributed by atoms with Gasteiger partial charge in [-0.3, -0.25) is 14.5 Å². The Morgan fingerprint density at radius 2 is 2.09 bits per heavy atom. The number of aryl methyl sites for hydroxylation is 1. The Morgan fingerprint density at radius 1 is 1.36 bits per heavy atom. The molecule has 0 bridgehead atoms. The van der Waals surface area contributed by atoms with Gasteiger partial charge in [-0.05, 0) is 19.1 Å². The van der Waals surface area contributed by atoms with E-state index in [0.29, 0.717) is 11.6 Å². The number of hydrogen-bond donors (Lipinski definition) is 1. The molecular formula is C15H16FN3O3. The molecule has 1 heterocycles. The van der Waals surface area contributed by atoms with Crippen LogP contribution in [-0.2, 0) is 9.59 Å². The lowest BCUT2D eigenvalue weighted by molar-refractivity contribution is -0.117. The van der Waals surface area contributed by atoms with Crippen LogP contribution >= 0.6 is 0 Å². The van der Waals surface area contributed by atoms with E-state index in [1.54, 1.807) is 19.1 Å². The Labute approximate surface area is 126 Å². The topological polar surface area (TPSA) is 75.4 Å². The first-order valence-corrected chi connectivity index (χ1v) is 6.73. The molecule has 7 heteroatoms. The van der Waals surface area contributed by atoms with Crippen molar-refractivity contribution in [2.45, 2.75) is 20.3 Å². The predicted molar refractivity (Wildman–Crippen MR) is 78.9 cm³/mol. The number of carbonyl (C=O) groups excluding carboxylic acids is 2. The Hall–Kier alpha value is -2.70. The quantitative estimate of drug-likeness (QED) is 0.921. The average molecular weight is 305 g/mol. The number of nitrogens with zero attached hydrogens (tertiary/aromatic N) is 2. The summed E-state index contributed by atoms with van der Waals surface area (Å²) in [6, 6.07) is 7.50. The zero-order valence-corrected chi connectivity index (χ0v) is 12.3. The predicted octanol–water partition coefficient (Wildman–Crippen LogP) is 2.50. The molecule has 2 aromatic rings. The number of benzene rings is 1. The molecule has 0 aliphatic rings. The normalized spacial score (nSPS) is 10.3. The molecule has 0 fully saturated rings. The molecule has 0 aliphatic heterocycles. The van der Waals surface area contributed by atoms with Crippen molar-refractivity contribution in [3.63, 3.8) is 0 Å². The van der Waals surface area contributed by atoms with Crippen LogP contribution < -0.4 is 10.2 Å². The van der Waals surface area contributed by atoms with Crippen LogP contribution in [0.25, 0.3) is 0 Å². The zero-order valence-electron chi connectivity index (χ0n) is 12.3. The molecule has 0 unspecified atom stereocenters. The Morgan fingerprint density at radius 3 is 2.68 bits per heavy atom. The maximum Gasteiger partial charge on any atom is 0.226 e. The molecule has 22 heavy (non-hydrogen) atoms. The van der Waals surface area contributed by atoms with Gasteiger partial charge in [-0.2, -0.15) is 0 Å². The minimum absolute atomic E-state index is 0.0137. The van der Waals surface area contributed by atoms with Crippen LogP contribution in [-0.4, -0.2) is 23.5 Å². The summed E-state index contributed by atoms with van der Waals surface area (Å²) in [5.74, 6) is -0.240. The van der Waals surface area contributed by atoms with Crippen molar-refractivity contribution in [3.05, 3.63) is 41.9 Å². The molecule has 0 radical (unpaired) electrons. The van der Waals surface area contributed by atoms with E-state index in [1.165, 1.54) is 30.0 Å². The summed E-state index contributed by atoms with van der Waals surface area (Å²) in [7, 11) is 0. The number of aromatic nitrogens is 1. The van der Waals surface area contributed by atoms with Gasteiger partial charge >= 0.3 is 0 Å². The molecule has 1 aromatic heterocycles. The number of amides is 2. The molecule has 0 spiro atoms. The maximum atomic E-state index is 13.4. The number of halogens is 1. The summed E-state index contributed by atoms with van der Waals surface area (Å²) in [4.78, 5) is 24.8. The van der Waals surface area contributed by atoms with E-state index < -0.39 is 11.7 Å². The highest BCUT2D eigenvalue weighted by molar-refractivity contribution is 5.94. The average Bonchev–Trinajstić information content (AvgIpc) is 2.87. The third-order valence-electron chi connectivity index (χ3n) is 2.98. The van der Waals surface area contributed by atoms with Crippen LogP contribution in [0.3, 0.4) is 0 Å². The fourth-order valence-electron chi connectivity index (χ4n) is 1.90. The van der Waals surface area contributed by atoms with E-state index in [0.717, 1.165) is 0 Å². The third-order valence-corrected chi connectivity index (χ3v) is 2.98. The second-order valence-electron chi connectivity index (χ2n) is 4.74. The Bertz CT molecular complexity index is 684. The van der Waals surface area contributed by atoms with Gasteiger partial charge < -0.3 is 9.84 Å². The standard InChI is InChI=1S/C15H16FN3O3/c1-10-9-14(18-22-10)19(11(2)20)8-7-15(21)17-13-6-4-3-5-12(13)16/h3-6,9H,7-8H2,1-2H3,(H,17,21). The van der Waals surface area contributed by atoms with Crippen molar-refractivity contribution >= 4 is 23.3 Å². The van der Waals surface area contributed by atoms with Crippen LogP contribution in [0.15, 0.2) is 34.9 Å². The smallest absolute Gasteiger partial charge is 0.226 e. The molecule has 2 amide bonds. The van der Waals surface area contributed by atoms with E-state index in [9.17, 15) is 14.0 Å². The minimum atomic E-state index is -0.508. The number of para-hydroxylation sites is 1. The van der Waals surface area contributed by atoms with Crippen LogP contribution in [0.4, 0.5) is 15.9 Å². The number of rotatable bonds is 5. The van der Waals surface area contributed by atoms with E-state index in [1.807, 2.05) is 0 Å². The lowest BCUT2D eigenvalue weighted by atomic mass is 10.3. The molecule has 1 aromatic carbocycles. The van der Waals surface area contributed by atoms with E-state index in [4.69, 9.17) is 4.52 Å². The molecule has 116 valence electrons. The van der Waals surface area contributed by atoms with Gasteiger partial charge in [0.25, 0.3) is 0 Å². The third kappa shape index (κ3) is 3.91. The van der Waals surface area contributed by atoms with Gasteiger partial charge in [0.15, 0.2) is 5.82 Å². The molecule has 0 atom stereocenters. The monoisotopic (exact) mass is 305 g/mol. The summed E-state index contributed by atoms with van der Waals surface area (Å²) < 4.78 is 18.4. The first kappa shape index (κ1) is 15.7. The number of carbonyl (C=O) groups is 2. The lowest BCUT2D eigenvalue weighted by Crippen LogP contribution is -2.32. The molecular weight excluding hydrogens is 289 g/mol. The van der Waals surface area contributed by atoms with Crippen molar-refractivity contribution in [2.24, 2.45) is 0 Å². The summed E-state index contributed by atoms with van der Waals surface area (Å²) in [5.41, 5.74) is 0.110. The number of anilines is 2. The zero-order chi connectivity index (χ0) is 16.1. The van der Waals surface area contributed by atoms with Crippen molar-refractivity contribution in [1.82, 2.24) is 5.16 Å². The van der Waals surface area contributed by atoms with E-state index in [2.05, 4.69) is 10.5 Å². The van der Waals surface area contributed by atoms with Crippen molar-refractivity contribution in [1.29, 1.82) is 0 Å². The van der Waals surface area contributed by atoms with Gasteiger partial charge in [0.1, 0.15) is 11.6 Å². The highest BCUT2D eigenvalue weighted by Crippen LogP contribution is 2.16. The molecule has 1 N–H and O–H groups in total. The molecule has 2 rings (SSSR count). The fraction of sp³-hybridized carbons (Fsp3) is 0.267. The molecule has 0 saturated heterocycles. The molecule has 6 nitrogen and oxygen atoms in total. The first-order chi connectivity index (χ1) is 10.5. The molecule has 0 aliphatic carbocycles. The van der Waals surface area contributed by atoms with Gasteiger partial charge in [0.2, 0.25) is 11.8 Å². The van der Waals surface area contributed by atoms with Gasteiger partial charge in [-0.15, -0.1) is 0 Å². The van der Waals surface area contributed by atoms with E-state index in [-0.39, 0.29) is 24.6 Å². The summed E-state index contributed by atoms with van der Waals surface area (Å²) >= 11 is 0. The van der Waals surface area contributed by atoms with Crippen LogP contribution in [0.1, 0.15) is 19.1 Å². The Kier molecular flexibility index (Phi) is 4.88. The maximum absolute atomic E-state index is 13.4. The second-order valence-corrected chi connectivity index (χ2v) is 4.74. The highest BCUT2D eigenvalue weighted by atomic mass is 19.1. The second kappa shape index (κ2) is 6.84.